The Morgan fingerprint density at radius 2 is 1.71 bits per heavy atom. The summed E-state index contributed by atoms with van der Waals surface area (Å²) in [4.78, 5) is 11.8. The van der Waals surface area contributed by atoms with E-state index in [2.05, 4.69) is 0 Å². The molecule has 3 saturated carbocycles. The molecular weight excluding hydrogens is 490 g/mol. The fourth-order valence-electron chi connectivity index (χ4n) is 6.73. The number of hydrogen-bond acceptors (Lipinski definition) is 4. The lowest BCUT2D eigenvalue weighted by molar-refractivity contribution is -0.181. The molecule has 6 nitrogen and oxygen atoms in total. The molecule has 0 radical (unpaired) electrons. The van der Waals surface area contributed by atoms with Crippen LogP contribution >= 0.6 is 0 Å². The molecule has 0 bridgehead atoms. The third kappa shape index (κ3) is 6.14. The van der Waals surface area contributed by atoms with E-state index in [1.54, 1.807) is 0 Å². The van der Waals surface area contributed by atoms with Gasteiger partial charge in [-0.25, -0.2) is 12.8 Å². The summed E-state index contributed by atoms with van der Waals surface area (Å²) in [7, 11) is -4.13. The highest BCUT2D eigenvalue weighted by Crippen LogP contribution is 2.44. The van der Waals surface area contributed by atoms with Gasteiger partial charge in [0, 0.05) is 18.5 Å². The van der Waals surface area contributed by atoms with Crippen LogP contribution in [0.5, 0.6) is 0 Å². The van der Waals surface area contributed by atoms with E-state index in [0.29, 0.717) is 32.1 Å². The predicted octanol–water partition coefficient (Wildman–Crippen LogP) is 4.93. The molecule has 0 aromatic rings. The van der Waals surface area contributed by atoms with Crippen molar-refractivity contribution < 1.29 is 40.6 Å². The number of aliphatic carboxylic acids is 1. The summed E-state index contributed by atoms with van der Waals surface area (Å²) in [5.41, 5.74) is 0. The maximum Gasteiger partial charge on any atom is 0.391 e. The van der Waals surface area contributed by atoms with Crippen molar-refractivity contribution in [3.05, 3.63) is 0 Å². The molecule has 202 valence electrons. The van der Waals surface area contributed by atoms with Gasteiger partial charge in [-0.1, -0.05) is 19.3 Å². The Morgan fingerprint density at radius 3 is 2.40 bits per heavy atom. The molecule has 4 rings (SSSR count). The number of halogens is 4. The van der Waals surface area contributed by atoms with E-state index in [-0.39, 0.29) is 50.4 Å². The summed E-state index contributed by atoms with van der Waals surface area (Å²) in [6, 6.07) is -0.492. The van der Waals surface area contributed by atoms with Crippen LogP contribution in [0.15, 0.2) is 0 Å². The Hall–Kier alpha value is -0.940. The van der Waals surface area contributed by atoms with Gasteiger partial charge in [0.15, 0.2) is 0 Å². The van der Waals surface area contributed by atoms with Crippen molar-refractivity contribution >= 4 is 16.0 Å². The molecule has 0 aromatic heterocycles. The van der Waals surface area contributed by atoms with E-state index in [1.165, 1.54) is 4.31 Å². The van der Waals surface area contributed by atoms with Crippen LogP contribution in [-0.4, -0.2) is 66.7 Å². The zero-order chi connectivity index (χ0) is 25.4. The van der Waals surface area contributed by atoms with Gasteiger partial charge in [-0.05, 0) is 63.7 Å². The van der Waals surface area contributed by atoms with Crippen molar-refractivity contribution in [3.8, 4) is 0 Å². The van der Waals surface area contributed by atoms with Gasteiger partial charge in [0.1, 0.15) is 6.17 Å². The first-order valence-corrected chi connectivity index (χ1v) is 14.5. The monoisotopic (exact) mass is 527 g/mol. The summed E-state index contributed by atoms with van der Waals surface area (Å²) in [6.45, 7) is 0.0670. The number of hydrogen-bond donors (Lipinski definition) is 1. The van der Waals surface area contributed by atoms with E-state index < -0.39 is 57.9 Å². The number of carboxylic acid groups (broad SMARTS) is 1. The highest BCUT2D eigenvalue weighted by atomic mass is 32.2. The average molecular weight is 528 g/mol. The summed E-state index contributed by atoms with van der Waals surface area (Å²) in [6.07, 6.45) is -0.734. The Balaban J connectivity index is 1.49. The van der Waals surface area contributed by atoms with Crippen LogP contribution in [0, 0.1) is 23.7 Å². The highest BCUT2D eigenvalue weighted by Gasteiger charge is 2.51. The maximum absolute atomic E-state index is 14.2. The minimum atomic E-state index is -4.45. The number of carboxylic acids is 1. The summed E-state index contributed by atoms with van der Waals surface area (Å²) >= 11 is 0. The van der Waals surface area contributed by atoms with Crippen LogP contribution in [0.4, 0.5) is 17.6 Å². The van der Waals surface area contributed by atoms with E-state index in [0.717, 1.165) is 19.3 Å². The molecule has 1 heterocycles. The summed E-state index contributed by atoms with van der Waals surface area (Å²) in [5, 5.41) is 8.49. The summed E-state index contributed by atoms with van der Waals surface area (Å²) in [5.74, 6) is -3.95. The number of carbonyl (C=O) groups is 1. The number of nitrogens with zero attached hydrogens (tertiary/aromatic N) is 1. The fourth-order valence-corrected chi connectivity index (χ4v) is 9.08. The van der Waals surface area contributed by atoms with Crippen molar-refractivity contribution in [1.29, 1.82) is 0 Å². The lowest BCUT2D eigenvalue weighted by Crippen LogP contribution is -2.58. The molecule has 8 atom stereocenters. The SMILES string of the molecule is O=C(O)C1CC2CCC(OCC3CCCCC3F)CC2N(S(=O)(=O)C2CCCC(C(F)(F)F)C2)C1. The van der Waals surface area contributed by atoms with Crippen LogP contribution in [0.1, 0.15) is 77.0 Å². The van der Waals surface area contributed by atoms with Gasteiger partial charge in [0.2, 0.25) is 10.0 Å². The topological polar surface area (TPSA) is 83.9 Å². The first-order chi connectivity index (χ1) is 16.5. The molecule has 1 aliphatic heterocycles. The average Bonchev–Trinajstić information content (AvgIpc) is 2.82. The minimum Gasteiger partial charge on any atom is -0.481 e. The van der Waals surface area contributed by atoms with E-state index in [4.69, 9.17) is 4.74 Å². The molecule has 8 unspecified atom stereocenters. The van der Waals surface area contributed by atoms with E-state index in [9.17, 15) is 35.9 Å². The normalized spacial score (nSPS) is 39.7. The van der Waals surface area contributed by atoms with Crippen LogP contribution < -0.4 is 0 Å². The van der Waals surface area contributed by atoms with Crippen molar-refractivity contribution in [3.63, 3.8) is 0 Å². The second-order valence-corrected chi connectivity index (χ2v) is 13.2. The van der Waals surface area contributed by atoms with E-state index >= 15 is 0 Å². The number of fused-ring (bicyclic) bond motifs is 1. The summed E-state index contributed by atoms with van der Waals surface area (Å²) < 4.78 is 88.9. The van der Waals surface area contributed by atoms with Gasteiger partial charge in [-0.3, -0.25) is 4.79 Å². The van der Waals surface area contributed by atoms with Gasteiger partial charge in [0.05, 0.1) is 29.8 Å². The van der Waals surface area contributed by atoms with E-state index in [1.807, 2.05) is 0 Å². The van der Waals surface area contributed by atoms with Crippen LogP contribution in [-0.2, 0) is 19.6 Å². The molecular formula is C24H37F4NO5S. The maximum atomic E-state index is 14.2. The first-order valence-electron chi connectivity index (χ1n) is 13.0. The minimum absolute atomic E-state index is 0.0774. The third-order valence-electron chi connectivity index (χ3n) is 8.81. The largest absolute Gasteiger partial charge is 0.481 e. The Bertz CT molecular complexity index is 853. The van der Waals surface area contributed by atoms with Crippen LogP contribution in [0.3, 0.4) is 0 Å². The quantitative estimate of drug-likeness (QED) is 0.496. The number of sulfonamides is 1. The zero-order valence-electron chi connectivity index (χ0n) is 20.0. The lowest BCUT2D eigenvalue weighted by atomic mass is 9.75. The molecule has 35 heavy (non-hydrogen) atoms. The van der Waals surface area contributed by atoms with Gasteiger partial charge in [-0.2, -0.15) is 17.5 Å². The number of rotatable bonds is 6. The zero-order valence-corrected chi connectivity index (χ0v) is 20.8. The van der Waals surface area contributed by atoms with Crippen LogP contribution in [0.25, 0.3) is 0 Å². The van der Waals surface area contributed by atoms with Crippen molar-refractivity contribution in [1.82, 2.24) is 4.31 Å². The second-order valence-electron chi connectivity index (χ2n) is 11.1. The van der Waals surface area contributed by atoms with Crippen molar-refractivity contribution in [2.45, 2.75) is 107 Å². The standard InChI is InChI=1S/C24H37F4NO5S/c25-21-7-2-1-4-16(21)14-34-19-9-8-15-10-17(23(30)31)13-29(22(15)12-19)35(32,33)20-6-3-5-18(11-20)24(26,27)28/h15-22H,1-14H2,(H,30,31). The second kappa shape index (κ2) is 10.8. The van der Waals surface area contributed by atoms with Gasteiger partial charge in [0.25, 0.3) is 0 Å². The van der Waals surface area contributed by atoms with Crippen molar-refractivity contribution in [2.75, 3.05) is 13.2 Å². The molecule has 4 fully saturated rings. The predicted molar refractivity (Wildman–Crippen MR) is 121 cm³/mol. The highest BCUT2D eigenvalue weighted by molar-refractivity contribution is 7.89. The smallest absolute Gasteiger partial charge is 0.391 e. The number of ether oxygens (including phenoxy) is 1. The van der Waals surface area contributed by atoms with Gasteiger partial charge in [-0.15, -0.1) is 0 Å². The molecule has 0 aromatic carbocycles. The van der Waals surface area contributed by atoms with Gasteiger partial charge < -0.3 is 9.84 Å². The molecule has 4 aliphatic rings. The number of piperidine rings is 1. The Kier molecular flexibility index (Phi) is 8.37. The molecule has 1 N–H and O–H groups in total. The number of alkyl halides is 4. The molecule has 11 heteroatoms. The first kappa shape index (κ1) is 27.1. The Labute approximate surface area is 204 Å². The molecule has 3 aliphatic carbocycles. The molecule has 0 amide bonds. The lowest BCUT2D eigenvalue weighted by Gasteiger charge is -2.48. The fraction of sp³-hybridized carbons (Fsp3) is 0.958. The van der Waals surface area contributed by atoms with Gasteiger partial charge >= 0.3 is 12.1 Å². The molecule has 0 spiro atoms. The third-order valence-corrected chi connectivity index (χ3v) is 11.2. The van der Waals surface area contributed by atoms with Crippen LogP contribution in [0.2, 0.25) is 0 Å². The molecule has 1 saturated heterocycles. The van der Waals surface area contributed by atoms with Crippen molar-refractivity contribution in [2.24, 2.45) is 23.7 Å². The Morgan fingerprint density at radius 1 is 0.971 bits per heavy atom.